The van der Waals surface area contributed by atoms with E-state index < -0.39 is 8.32 Å². The fourth-order valence-electron chi connectivity index (χ4n) is 6.73. The van der Waals surface area contributed by atoms with Crippen LogP contribution in [0.25, 0.3) is 0 Å². The Morgan fingerprint density at radius 3 is 0.851 bits per heavy atom. The highest BCUT2D eigenvalue weighted by Gasteiger charge is 2.36. The molecule has 0 aliphatic carbocycles. The van der Waals surface area contributed by atoms with Gasteiger partial charge < -0.3 is 9.33 Å². The minimum Gasteiger partial charge on any atom is -0.417 e. The topological polar surface area (TPSA) is 12.5 Å². The average molecular weight is 680 g/mol. The second-order valence-electron chi connectivity index (χ2n) is 17.1. The van der Waals surface area contributed by atoms with Crippen LogP contribution in [0.3, 0.4) is 0 Å². The van der Waals surface area contributed by atoms with Gasteiger partial charge >= 0.3 is 0 Å². The molecule has 0 aromatic rings. The molecule has 0 atom stereocenters. The first-order chi connectivity index (χ1) is 22.7. The summed E-state index contributed by atoms with van der Waals surface area (Å²) >= 11 is 0. The van der Waals surface area contributed by atoms with Crippen LogP contribution in [0.2, 0.25) is 18.1 Å². The van der Waals surface area contributed by atoms with Crippen molar-refractivity contribution in [3.05, 3.63) is 0 Å². The van der Waals surface area contributed by atoms with E-state index in [4.69, 9.17) is 4.43 Å². The molecule has 3 heteroatoms. The molecular formula is C44H93NOSi. The Kier molecular flexibility index (Phi) is 34.7. The molecule has 0 aliphatic rings. The van der Waals surface area contributed by atoms with Crippen molar-refractivity contribution in [3.8, 4) is 0 Å². The predicted octanol–water partition coefficient (Wildman–Crippen LogP) is 15.8. The van der Waals surface area contributed by atoms with Crippen LogP contribution in [-0.2, 0) is 4.43 Å². The van der Waals surface area contributed by atoms with Gasteiger partial charge in [0, 0.05) is 6.61 Å². The zero-order valence-electron chi connectivity index (χ0n) is 34.3. The lowest BCUT2D eigenvalue weighted by Crippen LogP contribution is -2.40. The fraction of sp³-hybridized carbons (Fsp3) is 1.00. The molecule has 0 amide bonds. The summed E-state index contributed by atoms with van der Waals surface area (Å²) in [4.78, 5) is 2.84. The number of hydrogen-bond donors (Lipinski definition) is 0. The Labute approximate surface area is 301 Å². The van der Waals surface area contributed by atoms with Crippen molar-refractivity contribution in [1.29, 1.82) is 0 Å². The maximum atomic E-state index is 6.42. The van der Waals surface area contributed by atoms with Crippen LogP contribution < -0.4 is 0 Å². The first kappa shape index (κ1) is 47.1. The van der Waals surface area contributed by atoms with E-state index in [9.17, 15) is 0 Å². The Hall–Kier alpha value is 0.137. The van der Waals surface area contributed by atoms with Crippen molar-refractivity contribution in [3.63, 3.8) is 0 Å². The second-order valence-corrected chi connectivity index (χ2v) is 21.9. The molecule has 2 nitrogen and oxygen atoms in total. The Morgan fingerprint density at radius 1 is 0.362 bits per heavy atom. The van der Waals surface area contributed by atoms with E-state index in [0.717, 1.165) is 6.61 Å². The highest BCUT2D eigenvalue weighted by Crippen LogP contribution is 2.36. The largest absolute Gasteiger partial charge is 0.417 e. The third-order valence-electron chi connectivity index (χ3n) is 11.3. The Morgan fingerprint density at radius 2 is 0.596 bits per heavy atom. The van der Waals surface area contributed by atoms with Gasteiger partial charge in [-0.3, -0.25) is 0 Å². The van der Waals surface area contributed by atoms with E-state index in [-0.39, 0.29) is 0 Å². The minimum absolute atomic E-state index is 0.327. The van der Waals surface area contributed by atoms with Gasteiger partial charge in [0.05, 0.1) is 0 Å². The van der Waals surface area contributed by atoms with Crippen molar-refractivity contribution < 1.29 is 4.43 Å². The molecule has 0 bridgehead atoms. The number of nitrogens with zero attached hydrogens (tertiary/aromatic N) is 1. The smallest absolute Gasteiger partial charge is 0.191 e. The molecule has 0 saturated carbocycles. The summed E-state index contributed by atoms with van der Waals surface area (Å²) in [6.45, 7) is 21.4. The molecule has 0 radical (unpaired) electrons. The van der Waals surface area contributed by atoms with Gasteiger partial charge in [0.2, 0.25) is 0 Å². The first-order valence-corrected chi connectivity index (χ1v) is 25.0. The van der Waals surface area contributed by atoms with Gasteiger partial charge in [-0.2, -0.15) is 0 Å². The minimum atomic E-state index is -1.58. The van der Waals surface area contributed by atoms with Crippen molar-refractivity contribution in [2.75, 3.05) is 26.2 Å². The fourth-order valence-corrected chi connectivity index (χ4v) is 7.82. The lowest BCUT2D eigenvalue weighted by atomic mass is 10.0. The number of rotatable bonds is 38. The summed E-state index contributed by atoms with van der Waals surface area (Å²) in [6.07, 6.45) is 46.0. The zero-order valence-corrected chi connectivity index (χ0v) is 35.3. The third-order valence-corrected chi connectivity index (χ3v) is 15.8. The van der Waals surface area contributed by atoms with E-state index in [0.29, 0.717) is 5.04 Å². The van der Waals surface area contributed by atoms with Gasteiger partial charge in [0.1, 0.15) is 0 Å². The molecule has 284 valence electrons. The van der Waals surface area contributed by atoms with E-state index >= 15 is 0 Å². The summed E-state index contributed by atoms with van der Waals surface area (Å²) in [5, 5.41) is 0.327. The predicted molar refractivity (Wildman–Crippen MR) is 219 cm³/mol. The normalized spacial score (nSPS) is 12.5. The molecule has 0 aromatic carbocycles. The van der Waals surface area contributed by atoms with Gasteiger partial charge in [0.15, 0.2) is 8.32 Å². The highest BCUT2D eigenvalue weighted by molar-refractivity contribution is 6.74. The molecule has 0 spiro atoms. The lowest BCUT2D eigenvalue weighted by Gasteiger charge is -2.36. The second kappa shape index (κ2) is 34.6. The van der Waals surface area contributed by atoms with Crippen LogP contribution in [-0.4, -0.2) is 39.5 Å². The maximum absolute atomic E-state index is 6.42. The van der Waals surface area contributed by atoms with Crippen molar-refractivity contribution in [2.24, 2.45) is 0 Å². The molecule has 47 heavy (non-hydrogen) atoms. The van der Waals surface area contributed by atoms with Gasteiger partial charge in [-0.25, -0.2) is 0 Å². The monoisotopic (exact) mass is 680 g/mol. The SMILES string of the molecule is CCCCCCCCCCCCCCCCN(CCCCCCCCCCCCCCCC)CCCCCCO[Si](C)(C)C(C)(C)C. The molecule has 0 N–H and O–H groups in total. The number of unbranched alkanes of at least 4 members (excludes halogenated alkanes) is 29. The maximum Gasteiger partial charge on any atom is 0.191 e. The van der Waals surface area contributed by atoms with Crippen LogP contribution in [0.5, 0.6) is 0 Å². The summed E-state index contributed by atoms with van der Waals surface area (Å²) in [7, 11) is -1.58. The summed E-state index contributed by atoms with van der Waals surface area (Å²) in [6, 6.07) is 0. The van der Waals surface area contributed by atoms with Crippen molar-refractivity contribution >= 4 is 8.32 Å². The van der Waals surface area contributed by atoms with E-state index in [2.05, 4.69) is 52.6 Å². The quantitative estimate of drug-likeness (QED) is 0.0476. The molecular weight excluding hydrogens is 587 g/mol. The highest BCUT2D eigenvalue weighted by atomic mass is 28.4. The summed E-state index contributed by atoms with van der Waals surface area (Å²) in [5.74, 6) is 0. The van der Waals surface area contributed by atoms with E-state index in [1.165, 1.54) is 225 Å². The van der Waals surface area contributed by atoms with Gasteiger partial charge in [-0.05, 0) is 63.4 Å². The third kappa shape index (κ3) is 33.1. The van der Waals surface area contributed by atoms with Gasteiger partial charge in [-0.1, -0.05) is 214 Å². The lowest BCUT2D eigenvalue weighted by molar-refractivity contribution is 0.249. The van der Waals surface area contributed by atoms with Crippen LogP contribution in [0.15, 0.2) is 0 Å². The van der Waals surface area contributed by atoms with Crippen LogP contribution >= 0.6 is 0 Å². The summed E-state index contributed by atoms with van der Waals surface area (Å²) < 4.78 is 6.42. The summed E-state index contributed by atoms with van der Waals surface area (Å²) in [5.41, 5.74) is 0. The Balaban J connectivity index is 4.05. The standard InChI is InChI=1S/C44H93NOSi/c1-8-10-12-14-16-18-20-22-24-26-28-30-32-36-40-45(42-38-34-35-39-43-46-47(6,7)44(3,4)5)41-37-33-31-29-27-25-23-21-19-17-15-13-11-9-2/h8-43H2,1-7H3. The Bertz CT molecular complexity index is 568. The molecule has 0 fully saturated rings. The molecule has 0 heterocycles. The van der Waals surface area contributed by atoms with E-state index in [1.54, 1.807) is 0 Å². The molecule has 0 aromatic heterocycles. The zero-order chi connectivity index (χ0) is 34.7. The molecule has 0 rings (SSSR count). The molecule has 0 saturated heterocycles. The molecule has 0 aliphatic heterocycles. The van der Waals surface area contributed by atoms with Crippen LogP contribution in [0, 0.1) is 0 Å². The van der Waals surface area contributed by atoms with Crippen LogP contribution in [0.4, 0.5) is 0 Å². The van der Waals surface area contributed by atoms with Crippen LogP contribution in [0.1, 0.15) is 240 Å². The van der Waals surface area contributed by atoms with Gasteiger partial charge in [0.25, 0.3) is 0 Å². The first-order valence-electron chi connectivity index (χ1n) is 22.1. The van der Waals surface area contributed by atoms with Crippen molar-refractivity contribution in [1.82, 2.24) is 4.90 Å². The molecule has 0 unspecified atom stereocenters. The van der Waals surface area contributed by atoms with Crippen molar-refractivity contribution in [2.45, 2.75) is 258 Å². The average Bonchev–Trinajstić information content (AvgIpc) is 3.03. The number of hydrogen-bond acceptors (Lipinski definition) is 2. The van der Waals surface area contributed by atoms with E-state index in [1.807, 2.05) is 0 Å². The van der Waals surface area contributed by atoms with Gasteiger partial charge in [-0.15, -0.1) is 0 Å².